The maximum Gasteiger partial charge on any atom is 0.410 e. The van der Waals surface area contributed by atoms with Gasteiger partial charge in [0.05, 0.1) is 19.8 Å². The number of carbonyl (C=O) groups is 3. The van der Waals surface area contributed by atoms with E-state index in [1.807, 2.05) is 36.4 Å². The van der Waals surface area contributed by atoms with Gasteiger partial charge in [-0.15, -0.1) is 0 Å². The molecule has 1 aromatic heterocycles. The Balaban J connectivity index is 1.60. The van der Waals surface area contributed by atoms with Crippen LogP contribution in [-0.2, 0) is 31.7 Å². The monoisotopic (exact) mass is 645 g/mol. The molecule has 1 atom stereocenters. The highest BCUT2D eigenvalue weighted by Crippen LogP contribution is 2.37. The van der Waals surface area contributed by atoms with Crippen molar-refractivity contribution in [3.05, 3.63) is 89.8 Å². The van der Waals surface area contributed by atoms with Crippen LogP contribution in [0.4, 0.5) is 4.79 Å². The van der Waals surface area contributed by atoms with Gasteiger partial charge in [0.15, 0.2) is 5.78 Å². The van der Waals surface area contributed by atoms with Gasteiger partial charge in [0.2, 0.25) is 0 Å². The fourth-order valence-corrected chi connectivity index (χ4v) is 10.6. The van der Waals surface area contributed by atoms with Crippen LogP contribution in [0.25, 0.3) is 0 Å². The summed E-state index contributed by atoms with van der Waals surface area (Å²) < 4.78 is 17.9. The molecule has 1 unspecified atom stereocenters. The largest absolute Gasteiger partial charge is 0.465 e. The van der Waals surface area contributed by atoms with Crippen LogP contribution in [0.3, 0.4) is 0 Å². The number of amides is 1. The van der Waals surface area contributed by atoms with Crippen molar-refractivity contribution in [2.45, 2.75) is 78.5 Å². The first-order valence-electron chi connectivity index (χ1n) is 15.8. The first kappa shape index (κ1) is 34.8. The van der Waals surface area contributed by atoms with Crippen LogP contribution in [0, 0.1) is 5.92 Å². The van der Waals surface area contributed by atoms with E-state index in [2.05, 4.69) is 61.8 Å². The van der Waals surface area contributed by atoms with Crippen LogP contribution in [0.1, 0.15) is 76.6 Å². The van der Waals surface area contributed by atoms with E-state index in [4.69, 9.17) is 13.9 Å². The third kappa shape index (κ3) is 7.67. The van der Waals surface area contributed by atoms with Gasteiger partial charge in [-0.05, 0) is 49.5 Å². The third-order valence-electron chi connectivity index (χ3n) is 8.11. The average molecular weight is 646 g/mol. The molecule has 1 aliphatic rings. The van der Waals surface area contributed by atoms with Gasteiger partial charge in [-0.3, -0.25) is 14.7 Å². The summed E-state index contributed by atoms with van der Waals surface area (Å²) in [5.41, 5.74) is 1.42. The number of hydrogen-bond donors (Lipinski definition) is 1. The molecular weight excluding hydrogens is 598 g/mol. The molecule has 0 fully saturated rings. The second-order valence-electron chi connectivity index (χ2n) is 13.8. The van der Waals surface area contributed by atoms with Crippen LogP contribution >= 0.6 is 0 Å². The molecule has 2 aromatic carbocycles. The Kier molecular flexibility index (Phi) is 10.7. The van der Waals surface area contributed by atoms with E-state index in [9.17, 15) is 14.4 Å². The lowest BCUT2D eigenvalue weighted by molar-refractivity contribution is -0.146. The van der Waals surface area contributed by atoms with Crippen LogP contribution in [-0.4, -0.2) is 66.6 Å². The Morgan fingerprint density at radius 3 is 2.09 bits per heavy atom. The molecule has 1 N–H and O–H groups in total. The zero-order chi connectivity index (χ0) is 33.7. The topological polar surface area (TPSA) is 111 Å². The van der Waals surface area contributed by atoms with Crippen LogP contribution in [0.15, 0.2) is 72.8 Å². The van der Waals surface area contributed by atoms with Crippen LogP contribution < -0.4 is 10.4 Å². The lowest BCUT2D eigenvalue weighted by Crippen LogP contribution is -2.66. The molecule has 1 aliphatic heterocycles. The van der Waals surface area contributed by atoms with E-state index < -0.39 is 37.7 Å². The van der Waals surface area contributed by atoms with Gasteiger partial charge in [0.25, 0.3) is 8.32 Å². The molecule has 4 rings (SSSR count). The van der Waals surface area contributed by atoms with Gasteiger partial charge in [0, 0.05) is 24.2 Å². The Morgan fingerprint density at radius 1 is 0.978 bits per heavy atom. The maximum absolute atomic E-state index is 14.0. The summed E-state index contributed by atoms with van der Waals surface area (Å²) in [6.45, 7) is 18.8. The van der Waals surface area contributed by atoms with Gasteiger partial charge in [-0.25, -0.2) is 4.79 Å². The van der Waals surface area contributed by atoms with E-state index in [-0.39, 0.29) is 36.9 Å². The number of nitrogens with one attached hydrogen (secondary N) is 1. The van der Waals surface area contributed by atoms with E-state index in [0.29, 0.717) is 24.1 Å². The molecule has 3 aromatic rings. The quantitative estimate of drug-likeness (QED) is 0.0952. The molecule has 0 saturated heterocycles. The third-order valence-corrected chi connectivity index (χ3v) is 13.1. The van der Waals surface area contributed by atoms with Crippen molar-refractivity contribution < 1.29 is 28.3 Å². The van der Waals surface area contributed by atoms with E-state index in [1.54, 1.807) is 32.6 Å². The summed E-state index contributed by atoms with van der Waals surface area (Å²) in [5, 5.41) is 9.26. The van der Waals surface area contributed by atoms with Gasteiger partial charge in [0.1, 0.15) is 17.2 Å². The Hall–Kier alpha value is -4.02. The molecular formula is C36H47N3O6Si. The first-order chi connectivity index (χ1) is 21.7. The molecule has 0 bridgehead atoms. The maximum atomic E-state index is 14.0. The molecule has 0 saturated carbocycles. The molecule has 1 amide bonds. The number of ketones is 1. The van der Waals surface area contributed by atoms with Crippen molar-refractivity contribution in [2.75, 3.05) is 19.8 Å². The highest BCUT2D eigenvalue weighted by atomic mass is 28.4. The number of fused-ring (bicyclic) bond motifs is 1. The highest BCUT2D eigenvalue weighted by Gasteiger charge is 2.50. The predicted molar refractivity (Wildman–Crippen MR) is 181 cm³/mol. The lowest BCUT2D eigenvalue weighted by Gasteiger charge is -2.43. The minimum Gasteiger partial charge on any atom is -0.465 e. The number of esters is 1. The molecule has 9 nitrogen and oxygen atoms in total. The van der Waals surface area contributed by atoms with Crippen molar-refractivity contribution in [3.8, 4) is 0 Å². The van der Waals surface area contributed by atoms with E-state index in [1.165, 1.54) is 0 Å². The zero-order valence-electron chi connectivity index (χ0n) is 28.1. The van der Waals surface area contributed by atoms with Gasteiger partial charge < -0.3 is 18.8 Å². The number of hydrogen-bond acceptors (Lipinski definition) is 7. The number of rotatable bonds is 11. The zero-order valence-corrected chi connectivity index (χ0v) is 29.1. The molecule has 246 valence electrons. The number of benzene rings is 2. The number of carbonyl (C=O) groups excluding carboxylic acids is 3. The number of aromatic nitrogens is 2. The predicted octanol–water partition coefficient (Wildman–Crippen LogP) is 5.59. The smallest absolute Gasteiger partial charge is 0.410 e. The Bertz CT molecular complexity index is 1500. The van der Waals surface area contributed by atoms with Gasteiger partial charge in [-0.2, -0.15) is 5.10 Å². The fraction of sp³-hybridized carbons (Fsp3) is 0.444. The molecule has 0 aliphatic carbocycles. The number of Topliss-reactive ketones (excluding diaryl/α,β-unsaturated/α-hetero) is 1. The summed E-state index contributed by atoms with van der Waals surface area (Å²) in [7, 11) is -2.87. The Morgan fingerprint density at radius 2 is 1.57 bits per heavy atom. The number of aromatic amines is 1. The number of nitrogens with zero attached hydrogens (tertiary/aromatic N) is 2. The summed E-state index contributed by atoms with van der Waals surface area (Å²) in [6, 6.07) is 20.5. The summed E-state index contributed by atoms with van der Waals surface area (Å²) in [6.07, 6.45) is 0.0548. The molecule has 46 heavy (non-hydrogen) atoms. The van der Waals surface area contributed by atoms with Crippen LogP contribution in [0.2, 0.25) is 5.04 Å². The second kappa shape index (κ2) is 14.2. The molecule has 0 radical (unpaired) electrons. The van der Waals surface area contributed by atoms with Crippen molar-refractivity contribution in [1.29, 1.82) is 0 Å². The van der Waals surface area contributed by atoms with Crippen molar-refractivity contribution in [2.24, 2.45) is 5.92 Å². The number of ether oxygens (including phenoxy) is 2. The van der Waals surface area contributed by atoms with Crippen LogP contribution in [0.5, 0.6) is 0 Å². The summed E-state index contributed by atoms with van der Waals surface area (Å²) in [4.78, 5) is 41.7. The minimum atomic E-state index is -2.87. The van der Waals surface area contributed by atoms with Crippen molar-refractivity contribution in [1.82, 2.24) is 15.1 Å². The van der Waals surface area contributed by atoms with Crippen molar-refractivity contribution >= 4 is 36.5 Å². The van der Waals surface area contributed by atoms with Crippen molar-refractivity contribution in [3.63, 3.8) is 0 Å². The average Bonchev–Trinajstić information content (AvgIpc) is 3.43. The SMILES string of the molecule is C=C(CO[Si](c1ccccc1)(c1ccccc1)C(C)(C)C)CC(C(=O)OCC)C(=O)c1n[nH]c2c1CN(C(=O)OC(C)(C)C)CC2. The minimum absolute atomic E-state index is 0.0350. The highest BCUT2D eigenvalue weighted by molar-refractivity contribution is 6.99. The van der Waals surface area contributed by atoms with E-state index in [0.717, 1.165) is 16.1 Å². The number of H-pyrrole nitrogens is 1. The standard InChI is InChI=1S/C36H47N3O6Si/c1-9-43-33(41)28(32(40)31-29-23-39(21-20-30(29)37-38-31)34(42)45-35(3,4)5)22-25(2)24-44-46(36(6,7)8,26-16-12-10-13-17-26)27-18-14-11-15-19-27/h10-19,28H,2,9,20-24H2,1,3-8H3,(H,37,38). The van der Waals surface area contributed by atoms with E-state index >= 15 is 0 Å². The van der Waals surface area contributed by atoms with Gasteiger partial charge in [-0.1, -0.05) is 93.6 Å². The molecule has 0 spiro atoms. The van der Waals surface area contributed by atoms with Gasteiger partial charge >= 0.3 is 12.1 Å². The fourth-order valence-electron chi connectivity index (χ4n) is 5.99. The molecule has 2 heterocycles. The lowest BCUT2D eigenvalue weighted by atomic mass is 9.91. The summed E-state index contributed by atoms with van der Waals surface area (Å²) >= 11 is 0. The first-order valence-corrected chi connectivity index (χ1v) is 17.7. The summed E-state index contributed by atoms with van der Waals surface area (Å²) in [5.74, 6) is -2.29. The molecule has 10 heteroatoms. The second-order valence-corrected chi connectivity index (χ2v) is 18.1. The Labute approximate surface area is 273 Å². The normalized spacial score (nSPS) is 14.3.